The zero-order valence-electron chi connectivity index (χ0n) is 11.4. The van der Waals surface area contributed by atoms with Crippen molar-refractivity contribution in [1.29, 1.82) is 0 Å². The van der Waals surface area contributed by atoms with Gasteiger partial charge in [-0.15, -0.1) is 0 Å². The van der Waals surface area contributed by atoms with Gasteiger partial charge in [-0.2, -0.15) is 0 Å². The van der Waals surface area contributed by atoms with Crippen LogP contribution in [0, 0.1) is 0 Å². The van der Waals surface area contributed by atoms with Gasteiger partial charge in [0.05, 0.1) is 0 Å². The summed E-state index contributed by atoms with van der Waals surface area (Å²) in [5.41, 5.74) is 2.20. The number of hydrogen-bond acceptors (Lipinski definition) is 3. The van der Waals surface area contributed by atoms with Crippen LogP contribution in [-0.4, -0.2) is 34.9 Å². The summed E-state index contributed by atoms with van der Waals surface area (Å²) in [5, 5.41) is 9.29. The van der Waals surface area contributed by atoms with Gasteiger partial charge < -0.3 is 9.84 Å². The molecular formula is C16H16NO3P. The van der Waals surface area contributed by atoms with Crippen LogP contribution >= 0.6 is 9.39 Å². The van der Waals surface area contributed by atoms with Gasteiger partial charge in [0.2, 0.25) is 0 Å². The number of carboxylic acid groups (broad SMARTS) is 1. The van der Waals surface area contributed by atoms with Crippen LogP contribution in [0.3, 0.4) is 0 Å². The van der Waals surface area contributed by atoms with Crippen LogP contribution in [0.1, 0.15) is 10.4 Å². The van der Waals surface area contributed by atoms with Crippen LogP contribution in [0.25, 0.3) is 11.1 Å². The highest BCUT2D eigenvalue weighted by molar-refractivity contribution is 7.13. The molecule has 1 unspecified atom stereocenters. The molecule has 0 bridgehead atoms. The van der Waals surface area contributed by atoms with Gasteiger partial charge in [-0.3, -0.25) is 4.67 Å². The molecule has 1 fully saturated rings. The van der Waals surface area contributed by atoms with Crippen molar-refractivity contribution in [2.75, 3.05) is 13.1 Å². The molecule has 1 atom stereocenters. The Morgan fingerprint density at radius 3 is 2.48 bits per heavy atom. The second kappa shape index (κ2) is 5.84. The predicted molar refractivity (Wildman–Crippen MR) is 84.5 cm³/mol. The third-order valence-electron chi connectivity index (χ3n) is 3.49. The summed E-state index contributed by atoms with van der Waals surface area (Å²) >= 11 is 0. The number of nitrogens with zero attached hydrogens (tertiary/aromatic N) is 1. The first-order valence-corrected chi connectivity index (χ1v) is 7.24. The summed E-state index contributed by atoms with van der Waals surface area (Å²) in [4.78, 5) is 11.3. The van der Waals surface area contributed by atoms with E-state index in [1.165, 1.54) is 0 Å². The van der Waals surface area contributed by atoms with E-state index in [1.54, 1.807) is 6.07 Å². The van der Waals surface area contributed by atoms with Crippen LogP contribution in [0.4, 0.5) is 0 Å². The number of aromatic carboxylic acids is 1. The molecule has 0 aromatic heterocycles. The third kappa shape index (κ3) is 3.07. The van der Waals surface area contributed by atoms with Crippen molar-refractivity contribution in [2.45, 2.75) is 6.10 Å². The smallest absolute Gasteiger partial charge is 0.339 e. The van der Waals surface area contributed by atoms with Crippen molar-refractivity contribution in [1.82, 2.24) is 4.67 Å². The summed E-state index contributed by atoms with van der Waals surface area (Å²) in [6.45, 7) is 1.58. The average Bonchev–Trinajstić information content (AvgIpc) is 2.46. The summed E-state index contributed by atoms with van der Waals surface area (Å²) in [6, 6.07) is 15.1. The monoisotopic (exact) mass is 301 g/mol. The minimum Gasteiger partial charge on any atom is -0.487 e. The molecular weight excluding hydrogens is 285 g/mol. The fourth-order valence-corrected chi connectivity index (χ4v) is 2.80. The SMILES string of the molecule is O=C(O)c1ccc(-c2ccccc2)cc1OC1CN(P)C1. The van der Waals surface area contributed by atoms with E-state index in [1.807, 2.05) is 47.1 Å². The lowest BCUT2D eigenvalue weighted by Gasteiger charge is -2.36. The number of hydrogen-bond donors (Lipinski definition) is 1. The lowest BCUT2D eigenvalue weighted by Crippen LogP contribution is -2.48. The second-order valence-electron chi connectivity index (χ2n) is 5.08. The Labute approximate surface area is 125 Å². The first kappa shape index (κ1) is 14.1. The molecule has 4 nitrogen and oxygen atoms in total. The molecule has 0 amide bonds. The number of carboxylic acids is 1. The van der Waals surface area contributed by atoms with Crippen molar-refractivity contribution in [3.8, 4) is 16.9 Å². The van der Waals surface area contributed by atoms with E-state index in [0.717, 1.165) is 24.2 Å². The average molecular weight is 301 g/mol. The lowest BCUT2D eigenvalue weighted by atomic mass is 10.0. The minimum atomic E-state index is -0.966. The van der Waals surface area contributed by atoms with Gasteiger partial charge in [-0.1, -0.05) is 45.8 Å². The number of ether oxygens (including phenoxy) is 1. The van der Waals surface area contributed by atoms with E-state index in [4.69, 9.17) is 4.74 Å². The first-order valence-electron chi connectivity index (χ1n) is 6.72. The van der Waals surface area contributed by atoms with Gasteiger partial charge in [0, 0.05) is 13.1 Å². The molecule has 5 heteroatoms. The molecule has 1 aliphatic rings. The number of rotatable bonds is 4. The second-order valence-corrected chi connectivity index (χ2v) is 5.81. The van der Waals surface area contributed by atoms with Crippen LogP contribution in [0.15, 0.2) is 48.5 Å². The van der Waals surface area contributed by atoms with Crippen LogP contribution in [0.2, 0.25) is 0 Å². The van der Waals surface area contributed by atoms with Crippen molar-refractivity contribution < 1.29 is 14.6 Å². The molecule has 2 aromatic carbocycles. The molecule has 1 saturated heterocycles. The minimum absolute atomic E-state index is 0.0478. The maximum Gasteiger partial charge on any atom is 0.339 e. The van der Waals surface area contributed by atoms with Crippen LogP contribution in [0.5, 0.6) is 5.75 Å². The zero-order chi connectivity index (χ0) is 14.8. The van der Waals surface area contributed by atoms with E-state index < -0.39 is 5.97 Å². The highest BCUT2D eigenvalue weighted by Crippen LogP contribution is 2.29. The van der Waals surface area contributed by atoms with Gasteiger partial charge in [0.15, 0.2) is 0 Å². The Morgan fingerprint density at radius 1 is 1.14 bits per heavy atom. The summed E-state index contributed by atoms with van der Waals surface area (Å²) in [7, 11) is 2.61. The van der Waals surface area contributed by atoms with Crippen LogP contribution < -0.4 is 4.74 Å². The van der Waals surface area contributed by atoms with Gasteiger partial charge in [0.25, 0.3) is 0 Å². The molecule has 3 rings (SSSR count). The quantitative estimate of drug-likeness (QED) is 0.882. The van der Waals surface area contributed by atoms with Gasteiger partial charge in [0.1, 0.15) is 17.4 Å². The highest BCUT2D eigenvalue weighted by atomic mass is 31.0. The highest BCUT2D eigenvalue weighted by Gasteiger charge is 2.27. The van der Waals surface area contributed by atoms with Gasteiger partial charge >= 0.3 is 5.97 Å². The first-order chi connectivity index (χ1) is 10.1. The third-order valence-corrected chi connectivity index (χ3v) is 3.91. The Kier molecular flexibility index (Phi) is 3.91. The van der Waals surface area contributed by atoms with E-state index in [-0.39, 0.29) is 11.7 Å². The van der Waals surface area contributed by atoms with Crippen molar-refractivity contribution in [3.05, 3.63) is 54.1 Å². The van der Waals surface area contributed by atoms with Crippen molar-refractivity contribution in [3.63, 3.8) is 0 Å². The molecule has 0 radical (unpaired) electrons. The molecule has 108 valence electrons. The molecule has 21 heavy (non-hydrogen) atoms. The summed E-state index contributed by atoms with van der Waals surface area (Å²) in [5.74, 6) is -0.529. The topological polar surface area (TPSA) is 49.8 Å². The molecule has 0 aliphatic carbocycles. The van der Waals surface area contributed by atoms with Gasteiger partial charge in [-0.25, -0.2) is 4.79 Å². The largest absolute Gasteiger partial charge is 0.487 e. The molecule has 1 heterocycles. The Balaban J connectivity index is 1.92. The van der Waals surface area contributed by atoms with Crippen molar-refractivity contribution >= 4 is 15.4 Å². The standard InChI is InChI=1S/C16H16NO3P/c18-16(19)14-7-6-12(11-4-2-1-3-5-11)8-15(14)20-13-9-17(21)10-13/h1-8,13H,9-10,21H2,(H,18,19). The molecule has 0 saturated carbocycles. The fourth-order valence-electron chi connectivity index (χ4n) is 2.33. The fraction of sp³-hybridized carbons (Fsp3) is 0.188. The molecule has 1 N–H and O–H groups in total. The Bertz CT molecular complexity index is 654. The van der Waals surface area contributed by atoms with Crippen molar-refractivity contribution in [2.24, 2.45) is 0 Å². The molecule has 1 aliphatic heterocycles. The Hall–Kier alpha value is -1.90. The molecule has 0 spiro atoms. The van der Waals surface area contributed by atoms with E-state index in [9.17, 15) is 9.90 Å². The number of carbonyl (C=O) groups is 1. The zero-order valence-corrected chi connectivity index (χ0v) is 12.6. The Morgan fingerprint density at radius 2 is 1.86 bits per heavy atom. The normalized spacial score (nSPS) is 15.5. The maximum absolute atomic E-state index is 11.3. The summed E-state index contributed by atoms with van der Waals surface area (Å²) in [6.07, 6.45) is 0.0478. The van der Waals surface area contributed by atoms with E-state index in [2.05, 4.69) is 9.39 Å². The lowest BCUT2D eigenvalue weighted by molar-refractivity contribution is 0.0654. The van der Waals surface area contributed by atoms with E-state index >= 15 is 0 Å². The maximum atomic E-state index is 11.3. The molecule has 2 aromatic rings. The number of benzene rings is 2. The predicted octanol–water partition coefficient (Wildman–Crippen LogP) is 2.90. The van der Waals surface area contributed by atoms with Gasteiger partial charge in [-0.05, 0) is 23.3 Å². The van der Waals surface area contributed by atoms with E-state index in [0.29, 0.717) is 5.75 Å². The summed E-state index contributed by atoms with van der Waals surface area (Å²) < 4.78 is 7.89. The van der Waals surface area contributed by atoms with Crippen LogP contribution in [-0.2, 0) is 0 Å².